The zero-order chi connectivity index (χ0) is 11.0. The van der Waals surface area contributed by atoms with Gasteiger partial charge in [-0.25, -0.2) is 0 Å². The van der Waals surface area contributed by atoms with Crippen molar-refractivity contribution >= 4 is 34.7 Å². The molecule has 0 spiro atoms. The molecule has 0 radical (unpaired) electrons. The van der Waals surface area contributed by atoms with Crippen LogP contribution in [0.4, 0.5) is 0 Å². The molecule has 0 amide bonds. The van der Waals surface area contributed by atoms with E-state index in [0.717, 1.165) is 29.7 Å². The molecule has 2 aromatic rings. The van der Waals surface area contributed by atoms with Crippen LogP contribution in [0.2, 0.25) is 0 Å². The number of aromatic nitrogens is 2. The zero-order valence-electron chi connectivity index (χ0n) is 8.34. The highest BCUT2D eigenvalue weighted by Crippen LogP contribution is 2.29. The molecule has 0 bridgehead atoms. The van der Waals surface area contributed by atoms with E-state index in [1.54, 1.807) is 11.3 Å². The molecule has 1 aliphatic carbocycles. The lowest BCUT2D eigenvalue weighted by Crippen LogP contribution is -2.11. The number of rotatable bonds is 1. The molecule has 5 heteroatoms. The van der Waals surface area contributed by atoms with E-state index in [1.807, 2.05) is 22.9 Å². The molecule has 0 aromatic carbocycles. The van der Waals surface area contributed by atoms with E-state index in [2.05, 4.69) is 9.59 Å². The Morgan fingerprint density at radius 1 is 1.38 bits per heavy atom. The van der Waals surface area contributed by atoms with Gasteiger partial charge in [-0.1, -0.05) is 4.49 Å². The number of aryl methyl sites for hydroxylation is 1. The van der Waals surface area contributed by atoms with Gasteiger partial charge < -0.3 is 0 Å². The summed E-state index contributed by atoms with van der Waals surface area (Å²) >= 11 is 2.97. The number of carbonyl (C=O) groups excluding carboxylic acids is 1. The predicted molar refractivity (Wildman–Crippen MR) is 64.9 cm³/mol. The number of hydrogen-bond donors (Lipinski definition) is 0. The summed E-state index contributed by atoms with van der Waals surface area (Å²) < 4.78 is 3.78. The molecule has 0 unspecified atom stereocenters. The lowest BCUT2D eigenvalue weighted by atomic mass is 9.92. The van der Waals surface area contributed by atoms with Crippen molar-refractivity contribution in [2.45, 2.75) is 12.8 Å². The van der Waals surface area contributed by atoms with Crippen molar-refractivity contribution in [3.63, 3.8) is 0 Å². The first-order chi connectivity index (χ1) is 7.84. The summed E-state index contributed by atoms with van der Waals surface area (Å²) in [5, 5.41) is 7.76. The van der Waals surface area contributed by atoms with Gasteiger partial charge in [0.25, 0.3) is 0 Å². The summed E-state index contributed by atoms with van der Waals surface area (Å²) in [6.07, 6.45) is 3.62. The van der Waals surface area contributed by atoms with Crippen LogP contribution in [0.3, 0.4) is 0 Å². The fourth-order valence-electron chi connectivity index (χ4n) is 1.82. The summed E-state index contributed by atoms with van der Waals surface area (Å²) in [6.45, 7) is 0. The minimum Gasteiger partial charge on any atom is -0.289 e. The van der Waals surface area contributed by atoms with E-state index in [9.17, 15) is 4.79 Å². The van der Waals surface area contributed by atoms with E-state index >= 15 is 0 Å². The molecule has 3 nitrogen and oxygen atoms in total. The van der Waals surface area contributed by atoms with Crippen LogP contribution < -0.4 is 0 Å². The molecule has 3 rings (SSSR count). The Balaban J connectivity index is 1.99. The van der Waals surface area contributed by atoms with Crippen LogP contribution in [-0.4, -0.2) is 15.4 Å². The average Bonchev–Trinajstić information content (AvgIpc) is 2.93. The highest BCUT2D eigenvalue weighted by molar-refractivity contribution is 7.10. The average molecular weight is 248 g/mol. The minimum absolute atomic E-state index is 0.149. The van der Waals surface area contributed by atoms with Crippen LogP contribution in [0.5, 0.6) is 0 Å². The molecular formula is C11H8N2OS2. The van der Waals surface area contributed by atoms with Crippen molar-refractivity contribution in [3.8, 4) is 0 Å². The fraction of sp³-hybridized carbons (Fsp3) is 0.182. The maximum atomic E-state index is 12.1. The number of nitrogens with zero attached hydrogens (tertiary/aromatic N) is 2. The van der Waals surface area contributed by atoms with Gasteiger partial charge in [0, 0.05) is 21.4 Å². The molecule has 0 saturated heterocycles. The van der Waals surface area contributed by atoms with E-state index in [-0.39, 0.29) is 5.78 Å². The van der Waals surface area contributed by atoms with E-state index in [1.165, 1.54) is 16.4 Å². The van der Waals surface area contributed by atoms with Gasteiger partial charge in [-0.2, -0.15) is 0 Å². The van der Waals surface area contributed by atoms with Crippen molar-refractivity contribution in [2.24, 2.45) is 0 Å². The molecular weight excluding hydrogens is 240 g/mol. The van der Waals surface area contributed by atoms with Gasteiger partial charge in [-0.3, -0.25) is 4.79 Å². The van der Waals surface area contributed by atoms with Crippen LogP contribution in [0.1, 0.15) is 27.3 Å². The molecule has 80 valence electrons. The molecule has 0 atom stereocenters. The number of ketones is 1. The molecule has 1 aliphatic rings. The fourth-order valence-corrected chi connectivity index (χ4v) is 3.11. The summed E-state index contributed by atoms with van der Waals surface area (Å²) in [7, 11) is 0. The molecule has 16 heavy (non-hydrogen) atoms. The monoisotopic (exact) mass is 248 g/mol. The third kappa shape index (κ3) is 1.62. The summed E-state index contributed by atoms with van der Waals surface area (Å²) in [5.41, 5.74) is 2.50. The van der Waals surface area contributed by atoms with Gasteiger partial charge in [-0.05, 0) is 41.9 Å². The smallest absolute Gasteiger partial charge is 0.190 e. The second kappa shape index (κ2) is 3.92. The van der Waals surface area contributed by atoms with Crippen LogP contribution in [0.25, 0.3) is 6.08 Å². The van der Waals surface area contributed by atoms with Crippen molar-refractivity contribution in [1.29, 1.82) is 0 Å². The molecule has 0 saturated carbocycles. The summed E-state index contributed by atoms with van der Waals surface area (Å²) in [4.78, 5) is 13.3. The van der Waals surface area contributed by atoms with E-state index < -0.39 is 0 Å². The quantitative estimate of drug-likeness (QED) is 0.729. The number of thiophene rings is 1. The predicted octanol–water partition coefficient (Wildman–Crippen LogP) is 2.81. The highest BCUT2D eigenvalue weighted by Gasteiger charge is 2.22. The second-order valence-electron chi connectivity index (χ2n) is 3.59. The first-order valence-electron chi connectivity index (χ1n) is 4.93. The van der Waals surface area contributed by atoms with Crippen molar-refractivity contribution in [3.05, 3.63) is 38.5 Å². The number of allylic oxidation sites excluding steroid dienone is 1. The topological polar surface area (TPSA) is 42.9 Å². The number of carbonyl (C=O) groups is 1. The SMILES string of the molecule is O=C1/C(=C/c2csnn2)CCc2sccc21. The third-order valence-corrected chi connectivity index (χ3v) is 4.11. The Kier molecular flexibility index (Phi) is 2.41. The highest BCUT2D eigenvalue weighted by atomic mass is 32.1. The normalized spacial score (nSPS) is 17.8. The van der Waals surface area contributed by atoms with Crippen LogP contribution >= 0.6 is 22.9 Å². The van der Waals surface area contributed by atoms with Gasteiger partial charge >= 0.3 is 0 Å². The maximum absolute atomic E-state index is 12.1. The first kappa shape index (κ1) is 9.86. The molecule has 2 aromatic heterocycles. The Morgan fingerprint density at radius 2 is 2.31 bits per heavy atom. The Hall–Kier alpha value is -1.33. The summed E-state index contributed by atoms with van der Waals surface area (Å²) in [6, 6.07) is 1.91. The lowest BCUT2D eigenvalue weighted by molar-refractivity contribution is 0.102. The molecule has 0 aliphatic heterocycles. The van der Waals surface area contributed by atoms with E-state index in [4.69, 9.17) is 0 Å². The number of Topliss-reactive ketones (excluding diaryl/α,β-unsaturated/α-hetero) is 1. The van der Waals surface area contributed by atoms with Crippen molar-refractivity contribution < 1.29 is 4.79 Å². The zero-order valence-corrected chi connectivity index (χ0v) is 9.98. The van der Waals surface area contributed by atoms with E-state index in [0.29, 0.717) is 0 Å². The number of fused-ring (bicyclic) bond motifs is 1. The van der Waals surface area contributed by atoms with Gasteiger partial charge in [0.1, 0.15) is 0 Å². The number of hydrogen-bond acceptors (Lipinski definition) is 5. The van der Waals surface area contributed by atoms with Gasteiger partial charge in [-0.15, -0.1) is 16.4 Å². The third-order valence-electron chi connectivity index (χ3n) is 2.60. The minimum atomic E-state index is 0.149. The molecule has 0 fully saturated rings. The Labute approximate surface area is 101 Å². The molecule has 2 heterocycles. The van der Waals surface area contributed by atoms with Gasteiger partial charge in [0.15, 0.2) is 5.78 Å². The molecule has 0 N–H and O–H groups in total. The standard InChI is InChI=1S/C11H8N2OS2/c14-11-7(5-8-6-16-13-12-8)1-2-10-9(11)3-4-15-10/h3-6H,1-2H2/b7-5+. The van der Waals surface area contributed by atoms with Gasteiger partial charge in [0.05, 0.1) is 5.69 Å². The second-order valence-corrected chi connectivity index (χ2v) is 5.20. The lowest BCUT2D eigenvalue weighted by Gasteiger charge is -2.12. The Bertz CT molecular complexity index is 554. The summed E-state index contributed by atoms with van der Waals surface area (Å²) in [5.74, 6) is 0.149. The van der Waals surface area contributed by atoms with Crippen LogP contribution in [0, 0.1) is 0 Å². The van der Waals surface area contributed by atoms with Crippen LogP contribution in [0.15, 0.2) is 22.4 Å². The largest absolute Gasteiger partial charge is 0.289 e. The Morgan fingerprint density at radius 3 is 3.12 bits per heavy atom. The van der Waals surface area contributed by atoms with Crippen molar-refractivity contribution in [1.82, 2.24) is 9.59 Å². The van der Waals surface area contributed by atoms with Gasteiger partial charge in [0.2, 0.25) is 0 Å². The maximum Gasteiger partial charge on any atom is 0.190 e. The van der Waals surface area contributed by atoms with Crippen LogP contribution in [-0.2, 0) is 6.42 Å². The first-order valence-corrected chi connectivity index (χ1v) is 6.65. The van der Waals surface area contributed by atoms with Crippen molar-refractivity contribution in [2.75, 3.05) is 0 Å².